The molecule has 0 radical (unpaired) electrons. The monoisotopic (exact) mass is 455 g/mol. The first-order valence-electron chi connectivity index (χ1n) is 10.00. The number of benzene rings is 2. The fraction of sp³-hybridized carbons (Fsp3) is 0.409. The van der Waals surface area contributed by atoms with E-state index in [2.05, 4.69) is 0 Å². The molecule has 1 atom stereocenters. The zero-order chi connectivity index (χ0) is 22.6. The minimum absolute atomic E-state index is 0.168. The smallest absolute Gasteiger partial charge is 0.387 e. The molecule has 2 aromatic rings. The van der Waals surface area contributed by atoms with Gasteiger partial charge in [-0.15, -0.1) is 0 Å². The highest BCUT2D eigenvalue weighted by molar-refractivity contribution is 7.90. The summed E-state index contributed by atoms with van der Waals surface area (Å²) in [5.74, 6) is -1.51. The van der Waals surface area contributed by atoms with Gasteiger partial charge in [-0.05, 0) is 48.6 Å². The van der Waals surface area contributed by atoms with Crippen LogP contribution in [0.3, 0.4) is 0 Å². The van der Waals surface area contributed by atoms with Crippen LogP contribution in [0.5, 0.6) is 0 Å². The molecule has 31 heavy (non-hydrogen) atoms. The molecule has 2 aromatic carbocycles. The summed E-state index contributed by atoms with van der Waals surface area (Å²) in [5.41, 5.74) is -0.823. The van der Waals surface area contributed by atoms with Crippen LogP contribution in [0.15, 0.2) is 48.5 Å². The van der Waals surface area contributed by atoms with Gasteiger partial charge in [-0.3, -0.25) is 4.79 Å². The molecule has 0 saturated carbocycles. The number of piperidine rings is 1. The average molecular weight is 455 g/mol. The molecule has 0 spiro atoms. The molecular weight excluding hydrogens is 431 g/mol. The molecule has 5 nitrogen and oxygen atoms in total. The van der Waals surface area contributed by atoms with Gasteiger partial charge in [0.05, 0.1) is 23.2 Å². The minimum Gasteiger partial charge on any atom is -0.387 e. The Balaban J connectivity index is 1.74. The summed E-state index contributed by atoms with van der Waals surface area (Å²) in [6.07, 6.45) is -3.60. The highest BCUT2D eigenvalue weighted by atomic mass is 32.2. The summed E-state index contributed by atoms with van der Waals surface area (Å²) in [6, 6.07) is 10.6. The first kappa shape index (κ1) is 23.3. The Morgan fingerprint density at radius 1 is 1.03 bits per heavy atom. The summed E-state index contributed by atoms with van der Waals surface area (Å²) in [5, 5.41) is 10.3. The molecule has 0 aromatic heterocycles. The molecule has 168 valence electrons. The lowest BCUT2D eigenvalue weighted by Crippen LogP contribution is -2.35. The number of likely N-dealkylation sites (tertiary alicyclic amines) is 1. The van der Waals surface area contributed by atoms with Crippen molar-refractivity contribution in [3.63, 3.8) is 0 Å². The third kappa shape index (κ3) is 6.07. The van der Waals surface area contributed by atoms with E-state index < -0.39 is 44.8 Å². The maximum absolute atomic E-state index is 13.2. The number of amides is 1. The zero-order valence-corrected chi connectivity index (χ0v) is 17.6. The number of carbonyl (C=O) groups excluding carboxylic acids is 1. The Morgan fingerprint density at radius 2 is 1.71 bits per heavy atom. The van der Waals surface area contributed by atoms with E-state index in [1.54, 1.807) is 23.1 Å². The number of hydrogen-bond acceptors (Lipinski definition) is 4. The van der Waals surface area contributed by atoms with Gasteiger partial charge in [-0.2, -0.15) is 13.2 Å². The first-order chi connectivity index (χ1) is 14.6. The first-order valence-corrected chi connectivity index (χ1v) is 11.8. The number of carbonyl (C=O) groups is 1. The van der Waals surface area contributed by atoms with Crippen molar-refractivity contribution in [3.8, 4) is 0 Å². The maximum atomic E-state index is 13.2. The van der Waals surface area contributed by atoms with Gasteiger partial charge in [0.25, 0.3) is 5.91 Å². The minimum atomic E-state index is -4.70. The van der Waals surface area contributed by atoms with E-state index in [1.165, 1.54) is 18.2 Å². The molecule has 9 heteroatoms. The Bertz CT molecular complexity index is 1030. The van der Waals surface area contributed by atoms with Crippen LogP contribution >= 0.6 is 0 Å². The van der Waals surface area contributed by atoms with Crippen molar-refractivity contribution >= 4 is 15.7 Å². The lowest BCUT2D eigenvalue weighted by molar-refractivity contribution is -0.139. The van der Waals surface area contributed by atoms with Crippen LogP contribution in [0.4, 0.5) is 13.2 Å². The van der Waals surface area contributed by atoms with Crippen LogP contribution in [0.25, 0.3) is 0 Å². The molecule has 0 aliphatic carbocycles. The van der Waals surface area contributed by atoms with Crippen molar-refractivity contribution in [1.82, 2.24) is 4.90 Å². The lowest BCUT2D eigenvalue weighted by atomic mass is 10.0. The number of aliphatic hydroxyl groups is 1. The number of sulfone groups is 1. The SMILES string of the molecule is O=C(c1cccc(CS(=O)(=O)CC(O)c2ccccc2C(F)(F)F)c1)N1CCCCC1. The predicted molar refractivity (Wildman–Crippen MR) is 110 cm³/mol. The summed E-state index contributed by atoms with van der Waals surface area (Å²) in [4.78, 5) is 14.4. The van der Waals surface area contributed by atoms with Gasteiger partial charge in [0.1, 0.15) is 0 Å². The van der Waals surface area contributed by atoms with Gasteiger partial charge in [-0.1, -0.05) is 30.3 Å². The highest BCUT2D eigenvalue weighted by Crippen LogP contribution is 2.35. The van der Waals surface area contributed by atoms with Crippen molar-refractivity contribution in [2.75, 3.05) is 18.8 Å². The third-order valence-electron chi connectivity index (χ3n) is 5.24. The molecule has 1 aliphatic heterocycles. The number of aliphatic hydroxyl groups excluding tert-OH is 1. The highest BCUT2D eigenvalue weighted by Gasteiger charge is 2.35. The third-order valence-corrected chi connectivity index (χ3v) is 6.84. The Labute approximate surface area is 179 Å². The van der Waals surface area contributed by atoms with E-state index in [0.29, 0.717) is 24.2 Å². The summed E-state index contributed by atoms with van der Waals surface area (Å²) in [7, 11) is -3.95. The summed E-state index contributed by atoms with van der Waals surface area (Å²) >= 11 is 0. The van der Waals surface area contributed by atoms with E-state index in [9.17, 15) is 31.5 Å². The molecule has 3 rings (SSSR count). The number of rotatable bonds is 6. The maximum Gasteiger partial charge on any atom is 0.416 e. The van der Waals surface area contributed by atoms with Crippen LogP contribution in [0, 0.1) is 0 Å². The van der Waals surface area contributed by atoms with Crippen molar-refractivity contribution in [1.29, 1.82) is 0 Å². The fourth-order valence-corrected chi connectivity index (χ4v) is 5.23. The molecule has 1 amide bonds. The fourth-order valence-electron chi connectivity index (χ4n) is 3.76. The summed E-state index contributed by atoms with van der Waals surface area (Å²) < 4.78 is 64.7. The summed E-state index contributed by atoms with van der Waals surface area (Å²) in [6.45, 7) is 1.32. The van der Waals surface area contributed by atoms with Gasteiger partial charge in [-0.25, -0.2) is 8.42 Å². The van der Waals surface area contributed by atoms with Crippen LogP contribution in [0.1, 0.15) is 52.4 Å². The molecule has 1 saturated heterocycles. The van der Waals surface area contributed by atoms with Crippen molar-refractivity contribution in [2.45, 2.75) is 37.3 Å². The molecule has 1 unspecified atom stereocenters. The van der Waals surface area contributed by atoms with Crippen molar-refractivity contribution in [2.24, 2.45) is 0 Å². The molecule has 0 bridgehead atoms. The van der Waals surface area contributed by atoms with Crippen LogP contribution in [-0.4, -0.2) is 43.2 Å². The quantitative estimate of drug-likeness (QED) is 0.715. The van der Waals surface area contributed by atoms with Gasteiger partial charge >= 0.3 is 6.18 Å². The largest absolute Gasteiger partial charge is 0.416 e. The molecule has 1 aliphatic rings. The van der Waals surface area contributed by atoms with E-state index >= 15 is 0 Å². The molecule has 1 N–H and O–H groups in total. The lowest BCUT2D eigenvalue weighted by Gasteiger charge is -2.26. The second-order valence-corrected chi connectivity index (χ2v) is 9.82. The van der Waals surface area contributed by atoms with Gasteiger partial charge in [0.15, 0.2) is 9.84 Å². The number of nitrogens with zero attached hydrogens (tertiary/aromatic N) is 1. The van der Waals surface area contributed by atoms with Gasteiger partial charge < -0.3 is 10.0 Å². The number of alkyl halides is 3. The van der Waals surface area contributed by atoms with Gasteiger partial charge in [0.2, 0.25) is 0 Å². The van der Waals surface area contributed by atoms with E-state index in [1.807, 2.05) is 0 Å². The average Bonchev–Trinajstić information content (AvgIpc) is 2.72. The molecule has 1 heterocycles. The normalized spacial score (nSPS) is 16.2. The van der Waals surface area contributed by atoms with Crippen molar-refractivity contribution < 1.29 is 31.5 Å². The molecule has 1 fully saturated rings. The zero-order valence-electron chi connectivity index (χ0n) is 16.8. The van der Waals surface area contributed by atoms with Crippen LogP contribution in [-0.2, 0) is 21.8 Å². The topological polar surface area (TPSA) is 74.7 Å². The van der Waals surface area contributed by atoms with Crippen LogP contribution in [0.2, 0.25) is 0 Å². The predicted octanol–water partition coefficient (Wildman–Crippen LogP) is 3.98. The molecular formula is C22H24F3NO4S. The van der Waals surface area contributed by atoms with E-state index in [4.69, 9.17) is 0 Å². The second kappa shape index (κ2) is 9.40. The Hall–Kier alpha value is -2.39. The number of halogens is 3. The van der Waals surface area contributed by atoms with Gasteiger partial charge in [0, 0.05) is 18.7 Å². The second-order valence-electron chi connectivity index (χ2n) is 7.71. The Morgan fingerprint density at radius 3 is 2.39 bits per heavy atom. The van der Waals surface area contributed by atoms with Crippen LogP contribution < -0.4 is 0 Å². The van der Waals surface area contributed by atoms with Crippen molar-refractivity contribution in [3.05, 3.63) is 70.8 Å². The Kier molecular flexibility index (Phi) is 7.06. The number of hydrogen-bond donors (Lipinski definition) is 1. The van der Waals surface area contributed by atoms with E-state index in [0.717, 1.165) is 31.4 Å². The van der Waals surface area contributed by atoms with E-state index in [-0.39, 0.29) is 5.91 Å². The standard InChI is InChI=1S/C22H24F3NO4S/c23-22(24,25)19-10-3-2-9-18(19)20(27)15-31(29,30)14-16-7-6-8-17(13-16)21(28)26-11-4-1-5-12-26/h2-3,6-10,13,20,27H,1,4-5,11-12,14-15H2.